The van der Waals surface area contributed by atoms with Crippen LogP contribution in [0.5, 0.6) is 0 Å². The van der Waals surface area contributed by atoms with Crippen LogP contribution in [0.25, 0.3) is 0 Å². The molecule has 0 bridgehead atoms. The summed E-state index contributed by atoms with van der Waals surface area (Å²) in [5.74, 6) is -0.106. The number of carbonyl (C=O) groups excluding carboxylic acids is 1. The molecule has 1 atom stereocenters. The average molecular weight is 409 g/mol. The molecule has 0 radical (unpaired) electrons. The monoisotopic (exact) mass is 408 g/mol. The normalized spacial score (nSPS) is 19.7. The Morgan fingerprint density at radius 1 is 1.14 bits per heavy atom. The van der Waals surface area contributed by atoms with Crippen LogP contribution in [0, 0.1) is 5.41 Å². The molecule has 29 heavy (non-hydrogen) atoms. The first-order valence-electron chi connectivity index (χ1n) is 9.76. The number of nitrogens with zero attached hydrogens (tertiary/aromatic N) is 4. The second kappa shape index (κ2) is 7.30. The van der Waals surface area contributed by atoms with Crippen LogP contribution in [0.4, 0.5) is 0 Å². The molecule has 1 amide bonds. The SMILES string of the molecule is CN(C[C@]1(c2ccccc2)CC1(C)C)C(=O)c1cn(Cc2ccc(Cl)cc2)nn1. The second-order valence-corrected chi connectivity index (χ2v) is 9.03. The molecular formula is C23H25ClN4O. The van der Waals surface area contributed by atoms with Crippen LogP contribution < -0.4 is 0 Å². The zero-order valence-corrected chi connectivity index (χ0v) is 17.7. The van der Waals surface area contributed by atoms with Crippen molar-refractivity contribution in [3.05, 3.63) is 82.6 Å². The summed E-state index contributed by atoms with van der Waals surface area (Å²) in [7, 11) is 1.85. The van der Waals surface area contributed by atoms with Gasteiger partial charge >= 0.3 is 0 Å². The van der Waals surface area contributed by atoms with Gasteiger partial charge in [-0.1, -0.05) is 73.1 Å². The Hall–Kier alpha value is -2.66. The number of benzene rings is 2. The maximum Gasteiger partial charge on any atom is 0.275 e. The number of likely N-dealkylation sites (N-methyl/N-ethyl adjacent to an activating group) is 1. The van der Waals surface area contributed by atoms with Crippen LogP contribution >= 0.6 is 11.6 Å². The average Bonchev–Trinajstić information content (AvgIpc) is 3.03. The molecular weight excluding hydrogens is 384 g/mol. The third-order valence-corrected chi connectivity index (χ3v) is 6.36. The summed E-state index contributed by atoms with van der Waals surface area (Å²) in [6.07, 6.45) is 2.77. The molecule has 1 fully saturated rings. The van der Waals surface area contributed by atoms with Crippen molar-refractivity contribution in [1.29, 1.82) is 0 Å². The van der Waals surface area contributed by atoms with Gasteiger partial charge in [0.2, 0.25) is 0 Å². The minimum Gasteiger partial charge on any atom is -0.339 e. The number of hydrogen-bond donors (Lipinski definition) is 0. The third kappa shape index (κ3) is 3.79. The van der Waals surface area contributed by atoms with Crippen LogP contribution in [-0.4, -0.2) is 39.4 Å². The highest BCUT2D eigenvalue weighted by atomic mass is 35.5. The molecule has 1 aliphatic rings. The lowest BCUT2D eigenvalue weighted by Gasteiger charge is -2.27. The topological polar surface area (TPSA) is 51.0 Å². The minimum atomic E-state index is -0.106. The van der Waals surface area contributed by atoms with Gasteiger partial charge in [-0.2, -0.15) is 0 Å². The van der Waals surface area contributed by atoms with Crippen LogP contribution in [0.1, 0.15) is 41.9 Å². The Bertz CT molecular complexity index is 1010. The third-order valence-electron chi connectivity index (χ3n) is 6.11. The van der Waals surface area contributed by atoms with Crippen molar-refractivity contribution in [2.75, 3.05) is 13.6 Å². The molecule has 1 aromatic heterocycles. The molecule has 4 rings (SSSR count). The largest absolute Gasteiger partial charge is 0.339 e. The van der Waals surface area contributed by atoms with E-state index < -0.39 is 0 Å². The zero-order valence-electron chi connectivity index (χ0n) is 17.0. The highest BCUT2D eigenvalue weighted by Gasteiger charge is 2.62. The molecule has 2 aromatic carbocycles. The second-order valence-electron chi connectivity index (χ2n) is 8.60. The minimum absolute atomic E-state index is 0.0159. The lowest BCUT2D eigenvalue weighted by atomic mass is 9.87. The van der Waals surface area contributed by atoms with E-state index in [-0.39, 0.29) is 16.7 Å². The van der Waals surface area contributed by atoms with Crippen molar-refractivity contribution in [2.24, 2.45) is 5.41 Å². The van der Waals surface area contributed by atoms with Gasteiger partial charge < -0.3 is 4.90 Å². The van der Waals surface area contributed by atoms with E-state index in [1.165, 1.54) is 5.56 Å². The molecule has 0 aliphatic heterocycles. The summed E-state index contributed by atoms with van der Waals surface area (Å²) in [6, 6.07) is 18.0. The number of amides is 1. The van der Waals surface area contributed by atoms with Crippen molar-refractivity contribution in [3.8, 4) is 0 Å². The lowest BCUT2D eigenvalue weighted by Crippen LogP contribution is -2.36. The van der Waals surface area contributed by atoms with Crippen LogP contribution in [0.2, 0.25) is 5.02 Å². The Morgan fingerprint density at radius 2 is 1.79 bits per heavy atom. The van der Waals surface area contributed by atoms with Crippen molar-refractivity contribution >= 4 is 17.5 Å². The molecule has 5 nitrogen and oxygen atoms in total. The van der Waals surface area contributed by atoms with E-state index in [1.807, 2.05) is 37.4 Å². The van der Waals surface area contributed by atoms with Gasteiger partial charge in [-0.3, -0.25) is 4.79 Å². The van der Waals surface area contributed by atoms with Crippen LogP contribution in [-0.2, 0) is 12.0 Å². The number of hydrogen-bond acceptors (Lipinski definition) is 3. The van der Waals surface area contributed by atoms with Gasteiger partial charge in [-0.05, 0) is 35.1 Å². The van der Waals surface area contributed by atoms with E-state index in [1.54, 1.807) is 15.8 Å². The fourth-order valence-corrected chi connectivity index (χ4v) is 4.37. The van der Waals surface area contributed by atoms with Crippen LogP contribution in [0.3, 0.4) is 0 Å². The zero-order chi connectivity index (χ0) is 20.6. The first-order valence-corrected chi connectivity index (χ1v) is 10.1. The Labute approximate surface area is 176 Å². The fraction of sp³-hybridized carbons (Fsp3) is 0.348. The Balaban J connectivity index is 1.47. The van der Waals surface area contributed by atoms with Crippen LogP contribution in [0.15, 0.2) is 60.8 Å². The summed E-state index contributed by atoms with van der Waals surface area (Å²) in [4.78, 5) is 14.8. The number of aromatic nitrogens is 3. The quantitative estimate of drug-likeness (QED) is 0.606. The van der Waals surface area contributed by atoms with Gasteiger partial charge in [0.15, 0.2) is 5.69 Å². The fourth-order valence-electron chi connectivity index (χ4n) is 4.24. The van der Waals surface area contributed by atoms with Crippen molar-refractivity contribution in [3.63, 3.8) is 0 Å². The molecule has 3 aromatic rings. The van der Waals surface area contributed by atoms with Gasteiger partial charge in [0.05, 0.1) is 12.7 Å². The standard InChI is InChI=1S/C23H25ClN4O/c1-22(2)15-23(22,18-7-5-4-6-8-18)16-27(3)21(29)20-14-28(26-25-20)13-17-9-11-19(24)12-10-17/h4-12,14H,13,15-16H2,1-3H3/t23-/m0/s1. The van der Waals surface area contributed by atoms with Gasteiger partial charge in [-0.25, -0.2) is 4.68 Å². The number of carbonyl (C=O) groups is 1. The van der Waals surface area contributed by atoms with Crippen molar-refractivity contribution < 1.29 is 4.79 Å². The van der Waals surface area contributed by atoms with Crippen molar-refractivity contribution in [2.45, 2.75) is 32.2 Å². The summed E-state index contributed by atoms with van der Waals surface area (Å²) in [6.45, 7) is 5.73. The highest BCUT2D eigenvalue weighted by molar-refractivity contribution is 6.30. The summed E-state index contributed by atoms with van der Waals surface area (Å²) < 4.78 is 1.68. The number of rotatable bonds is 6. The molecule has 1 heterocycles. The summed E-state index contributed by atoms with van der Waals surface area (Å²) >= 11 is 5.93. The molecule has 0 N–H and O–H groups in total. The van der Waals surface area contributed by atoms with E-state index in [2.05, 4.69) is 48.4 Å². The molecule has 1 saturated carbocycles. The first kappa shape index (κ1) is 19.6. The van der Waals surface area contributed by atoms with Crippen molar-refractivity contribution in [1.82, 2.24) is 19.9 Å². The predicted molar refractivity (Wildman–Crippen MR) is 114 cm³/mol. The van der Waals surface area contributed by atoms with E-state index >= 15 is 0 Å². The van der Waals surface area contributed by atoms with E-state index in [9.17, 15) is 4.79 Å². The molecule has 1 aliphatic carbocycles. The highest BCUT2D eigenvalue weighted by Crippen LogP contribution is 2.64. The van der Waals surface area contributed by atoms with E-state index in [0.29, 0.717) is 23.8 Å². The van der Waals surface area contributed by atoms with Gasteiger partial charge in [0.25, 0.3) is 5.91 Å². The summed E-state index contributed by atoms with van der Waals surface area (Å²) in [5.41, 5.74) is 2.85. The van der Waals surface area contributed by atoms with Gasteiger partial charge in [0, 0.05) is 24.0 Å². The lowest BCUT2D eigenvalue weighted by molar-refractivity contribution is 0.0769. The summed E-state index contributed by atoms with van der Waals surface area (Å²) in [5, 5.41) is 8.92. The molecule has 0 unspecified atom stereocenters. The molecule has 6 heteroatoms. The Kier molecular flexibility index (Phi) is 4.95. The maximum atomic E-state index is 13.0. The first-order chi connectivity index (χ1) is 13.8. The predicted octanol–water partition coefficient (Wildman–Crippen LogP) is 4.42. The van der Waals surface area contributed by atoms with E-state index in [4.69, 9.17) is 11.6 Å². The molecule has 0 saturated heterocycles. The Morgan fingerprint density at radius 3 is 2.41 bits per heavy atom. The molecule has 0 spiro atoms. The van der Waals surface area contributed by atoms with Gasteiger partial charge in [0.1, 0.15) is 0 Å². The smallest absolute Gasteiger partial charge is 0.275 e. The van der Waals surface area contributed by atoms with Gasteiger partial charge in [-0.15, -0.1) is 5.10 Å². The van der Waals surface area contributed by atoms with E-state index in [0.717, 1.165) is 12.0 Å². The number of halogens is 1. The molecule has 150 valence electrons. The maximum absolute atomic E-state index is 13.0.